The highest BCUT2D eigenvalue weighted by Gasteiger charge is 2.28. The maximum atomic E-state index is 12.7. The molecule has 152 valence electrons. The molecule has 1 amide bonds. The molecule has 0 aliphatic carbocycles. The van der Waals surface area contributed by atoms with Gasteiger partial charge in [0.1, 0.15) is 5.82 Å². The number of rotatable bonds is 5. The van der Waals surface area contributed by atoms with E-state index in [1.165, 1.54) is 0 Å². The van der Waals surface area contributed by atoms with Gasteiger partial charge in [0.2, 0.25) is 5.91 Å². The zero-order valence-corrected chi connectivity index (χ0v) is 18.6. The van der Waals surface area contributed by atoms with Gasteiger partial charge in [0, 0.05) is 30.3 Å². The van der Waals surface area contributed by atoms with Crippen molar-refractivity contribution in [3.8, 4) is 5.69 Å². The van der Waals surface area contributed by atoms with Gasteiger partial charge in [0.25, 0.3) is 0 Å². The number of hydrogen-bond donors (Lipinski definition) is 0. The highest BCUT2D eigenvalue weighted by atomic mass is 79.9. The Bertz CT molecular complexity index is 998. The largest absolute Gasteiger partial charge is 0.346 e. The topological polar surface area (TPSA) is 41.4 Å². The molecule has 0 unspecified atom stereocenters. The lowest BCUT2D eigenvalue weighted by Crippen LogP contribution is -2.43. The lowest BCUT2D eigenvalue weighted by molar-refractivity contribution is -0.135. The van der Waals surface area contributed by atoms with Crippen molar-refractivity contribution in [1.82, 2.24) is 19.4 Å². The molecule has 5 nitrogen and oxygen atoms in total. The van der Waals surface area contributed by atoms with Crippen molar-refractivity contribution in [1.29, 1.82) is 0 Å². The molecule has 1 aliphatic rings. The minimum absolute atomic E-state index is 0.0826. The van der Waals surface area contributed by atoms with Crippen molar-refractivity contribution in [2.45, 2.75) is 26.3 Å². The standard InChI is InChI=1S/C23H27BrN4O/c1-3-26(2)23(29)17-7-6-14-27(15-17)16-22-25-20-8-4-5-9-21(20)28(22)19-12-10-18(24)11-13-19/h4-5,8-13,17H,3,6-7,14-16H2,1-2H3/t17-/m0/s1. The molecule has 1 aromatic heterocycles. The first-order chi connectivity index (χ1) is 14.1. The van der Waals surface area contributed by atoms with Crippen LogP contribution in [-0.2, 0) is 11.3 Å². The molecule has 0 spiro atoms. The number of halogens is 1. The van der Waals surface area contributed by atoms with E-state index >= 15 is 0 Å². The van der Waals surface area contributed by atoms with Gasteiger partial charge in [-0.1, -0.05) is 28.1 Å². The highest BCUT2D eigenvalue weighted by Crippen LogP contribution is 2.26. The number of imidazole rings is 1. The van der Waals surface area contributed by atoms with E-state index in [9.17, 15) is 4.79 Å². The van der Waals surface area contributed by atoms with Gasteiger partial charge in [-0.15, -0.1) is 0 Å². The first kappa shape index (κ1) is 20.1. The van der Waals surface area contributed by atoms with Gasteiger partial charge in [-0.2, -0.15) is 0 Å². The Hall–Kier alpha value is -2.18. The van der Waals surface area contributed by atoms with Crippen LogP contribution in [0.5, 0.6) is 0 Å². The van der Waals surface area contributed by atoms with Crippen LogP contribution < -0.4 is 0 Å². The van der Waals surface area contributed by atoms with E-state index in [4.69, 9.17) is 4.98 Å². The van der Waals surface area contributed by atoms with E-state index in [1.807, 2.05) is 24.9 Å². The second kappa shape index (κ2) is 8.67. The van der Waals surface area contributed by atoms with Crippen molar-refractivity contribution in [3.05, 3.63) is 58.8 Å². The molecule has 1 fully saturated rings. The number of fused-ring (bicyclic) bond motifs is 1. The van der Waals surface area contributed by atoms with Crippen LogP contribution in [0.1, 0.15) is 25.6 Å². The lowest BCUT2D eigenvalue weighted by atomic mass is 9.96. The first-order valence-electron chi connectivity index (χ1n) is 10.3. The Morgan fingerprint density at radius 1 is 1.21 bits per heavy atom. The number of aromatic nitrogens is 2. The monoisotopic (exact) mass is 454 g/mol. The summed E-state index contributed by atoms with van der Waals surface area (Å²) in [7, 11) is 1.90. The minimum atomic E-state index is 0.0826. The normalized spacial score (nSPS) is 17.6. The third-order valence-corrected chi connectivity index (χ3v) is 6.31. The maximum Gasteiger partial charge on any atom is 0.226 e. The summed E-state index contributed by atoms with van der Waals surface area (Å²) in [5.41, 5.74) is 3.22. The van der Waals surface area contributed by atoms with Crippen molar-refractivity contribution < 1.29 is 4.79 Å². The summed E-state index contributed by atoms with van der Waals surface area (Å²) in [6.45, 7) is 5.33. The lowest BCUT2D eigenvalue weighted by Gasteiger charge is -2.33. The smallest absolute Gasteiger partial charge is 0.226 e. The number of hydrogen-bond acceptors (Lipinski definition) is 3. The van der Waals surface area contributed by atoms with E-state index in [-0.39, 0.29) is 11.8 Å². The van der Waals surface area contributed by atoms with E-state index in [0.717, 1.165) is 66.0 Å². The fourth-order valence-corrected chi connectivity index (χ4v) is 4.39. The maximum absolute atomic E-state index is 12.7. The highest BCUT2D eigenvalue weighted by molar-refractivity contribution is 9.10. The quantitative estimate of drug-likeness (QED) is 0.570. The molecular formula is C23H27BrN4O. The molecule has 29 heavy (non-hydrogen) atoms. The summed E-state index contributed by atoms with van der Waals surface area (Å²) >= 11 is 3.53. The molecule has 3 aromatic rings. The predicted octanol–water partition coefficient (Wildman–Crippen LogP) is 4.48. The summed E-state index contributed by atoms with van der Waals surface area (Å²) in [6.07, 6.45) is 2.02. The first-order valence-corrected chi connectivity index (χ1v) is 11.1. The van der Waals surface area contributed by atoms with Crippen LogP contribution in [0.25, 0.3) is 16.7 Å². The Morgan fingerprint density at radius 2 is 1.97 bits per heavy atom. The second-order valence-electron chi connectivity index (χ2n) is 7.76. The SMILES string of the molecule is CCN(C)C(=O)[C@H]1CCCN(Cc2nc3ccccc3n2-c2ccc(Br)cc2)C1. The van der Waals surface area contributed by atoms with Gasteiger partial charge >= 0.3 is 0 Å². The molecule has 0 saturated carbocycles. The number of piperidine rings is 1. The molecule has 0 bridgehead atoms. The Morgan fingerprint density at radius 3 is 2.72 bits per heavy atom. The Balaban J connectivity index is 1.63. The number of nitrogens with zero attached hydrogens (tertiary/aromatic N) is 4. The van der Waals surface area contributed by atoms with Gasteiger partial charge in [0.05, 0.1) is 23.5 Å². The predicted molar refractivity (Wildman–Crippen MR) is 120 cm³/mol. The molecule has 6 heteroatoms. The fraction of sp³-hybridized carbons (Fsp3) is 0.391. The zero-order chi connectivity index (χ0) is 20.4. The minimum Gasteiger partial charge on any atom is -0.346 e. The Labute approximate surface area is 180 Å². The van der Waals surface area contributed by atoms with E-state index in [2.05, 4.69) is 67.9 Å². The van der Waals surface area contributed by atoms with Crippen molar-refractivity contribution in [2.24, 2.45) is 5.92 Å². The molecule has 2 aromatic carbocycles. The van der Waals surface area contributed by atoms with E-state index in [1.54, 1.807) is 0 Å². The summed E-state index contributed by atoms with van der Waals surface area (Å²) in [6, 6.07) is 16.6. The van der Waals surface area contributed by atoms with Crippen LogP contribution in [0.4, 0.5) is 0 Å². The molecule has 0 N–H and O–H groups in total. The molecule has 4 rings (SSSR count). The van der Waals surface area contributed by atoms with Crippen molar-refractivity contribution in [2.75, 3.05) is 26.7 Å². The van der Waals surface area contributed by atoms with Crippen molar-refractivity contribution in [3.63, 3.8) is 0 Å². The summed E-state index contributed by atoms with van der Waals surface area (Å²) in [4.78, 5) is 21.8. The molecule has 1 atom stereocenters. The number of carbonyl (C=O) groups is 1. The van der Waals surface area contributed by atoms with Crippen LogP contribution in [0.3, 0.4) is 0 Å². The third-order valence-electron chi connectivity index (χ3n) is 5.79. The van der Waals surface area contributed by atoms with E-state index in [0.29, 0.717) is 0 Å². The summed E-state index contributed by atoms with van der Waals surface area (Å²) in [5, 5.41) is 0. The number of benzene rings is 2. The molecular weight excluding hydrogens is 428 g/mol. The van der Waals surface area contributed by atoms with Gasteiger partial charge in [0.15, 0.2) is 0 Å². The average molecular weight is 455 g/mol. The second-order valence-corrected chi connectivity index (χ2v) is 8.67. The number of likely N-dealkylation sites (tertiary alicyclic amines) is 1. The molecule has 0 radical (unpaired) electrons. The van der Waals surface area contributed by atoms with Gasteiger partial charge in [-0.3, -0.25) is 14.3 Å². The van der Waals surface area contributed by atoms with Crippen LogP contribution in [-0.4, -0.2) is 51.9 Å². The van der Waals surface area contributed by atoms with Gasteiger partial charge in [-0.05, 0) is 62.7 Å². The Kier molecular flexibility index (Phi) is 6.01. The molecule has 1 saturated heterocycles. The molecule has 1 aliphatic heterocycles. The van der Waals surface area contributed by atoms with Gasteiger partial charge in [-0.25, -0.2) is 4.98 Å². The van der Waals surface area contributed by atoms with Crippen LogP contribution >= 0.6 is 15.9 Å². The average Bonchev–Trinajstić information content (AvgIpc) is 3.11. The van der Waals surface area contributed by atoms with Crippen LogP contribution in [0, 0.1) is 5.92 Å². The number of amides is 1. The van der Waals surface area contributed by atoms with Crippen LogP contribution in [0.15, 0.2) is 53.0 Å². The summed E-state index contributed by atoms with van der Waals surface area (Å²) < 4.78 is 3.30. The number of carbonyl (C=O) groups excluding carboxylic acids is 1. The molecule has 2 heterocycles. The van der Waals surface area contributed by atoms with E-state index < -0.39 is 0 Å². The van der Waals surface area contributed by atoms with Crippen molar-refractivity contribution >= 4 is 32.9 Å². The number of para-hydroxylation sites is 2. The summed E-state index contributed by atoms with van der Waals surface area (Å²) in [5.74, 6) is 1.36. The zero-order valence-electron chi connectivity index (χ0n) is 17.0. The fourth-order valence-electron chi connectivity index (χ4n) is 4.13. The van der Waals surface area contributed by atoms with Gasteiger partial charge < -0.3 is 4.90 Å². The third kappa shape index (κ3) is 4.23. The van der Waals surface area contributed by atoms with Crippen LogP contribution in [0.2, 0.25) is 0 Å².